The number of hydrogen-bond acceptors (Lipinski definition) is 4. The van der Waals surface area contributed by atoms with Crippen LogP contribution in [0.3, 0.4) is 0 Å². The van der Waals surface area contributed by atoms with Gasteiger partial charge in [0.2, 0.25) is 0 Å². The molecule has 1 heterocycles. The Morgan fingerprint density at radius 2 is 1.80 bits per heavy atom. The Hall–Kier alpha value is -2.85. The fourth-order valence-corrected chi connectivity index (χ4v) is 2.91. The molecule has 0 bridgehead atoms. The second kappa shape index (κ2) is 7.81. The minimum Gasteiger partial charge on any atom is -0.496 e. The van der Waals surface area contributed by atoms with Crippen molar-refractivity contribution in [3.05, 3.63) is 77.5 Å². The van der Waals surface area contributed by atoms with Crippen molar-refractivity contribution in [1.82, 2.24) is 10.4 Å². The lowest BCUT2D eigenvalue weighted by Gasteiger charge is -2.14. The first-order valence-corrected chi connectivity index (χ1v) is 8.32. The molecule has 25 heavy (non-hydrogen) atoms. The summed E-state index contributed by atoms with van der Waals surface area (Å²) in [5.41, 5.74) is 11.8. The molecule has 3 rings (SSSR count). The van der Waals surface area contributed by atoms with Gasteiger partial charge in [0.15, 0.2) is 0 Å². The smallest absolute Gasteiger partial charge is 0.143 e. The topological polar surface area (TPSA) is 46.2 Å². The molecule has 3 aromatic rings. The van der Waals surface area contributed by atoms with Crippen LogP contribution in [0.1, 0.15) is 16.7 Å². The molecule has 0 aliphatic carbocycles. The van der Waals surface area contributed by atoms with Crippen LogP contribution in [0.4, 0.5) is 5.82 Å². The van der Waals surface area contributed by atoms with E-state index in [2.05, 4.69) is 59.2 Å². The van der Waals surface area contributed by atoms with Gasteiger partial charge in [-0.1, -0.05) is 48.0 Å². The number of anilines is 1. The van der Waals surface area contributed by atoms with Crippen molar-refractivity contribution in [3.63, 3.8) is 0 Å². The highest BCUT2D eigenvalue weighted by atomic mass is 16.5. The van der Waals surface area contributed by atoms with Crippen LogP contribution in [0.2, 0.25) is 0 Å². The van der Waals surface area contributed by atoms with Gasteiger partial charge >= 0.3 is 0 Å². The number of hydrogen-bond donors (Lipinski definition) is 2. The van der Waals surface area contributed by atoms with Gasteiger partial charge < -0.3 is 10.2 Å². The number of nitrogens with one attached hydrogen (secondary N) is 2. The molecular formula is C21H23N3O. The number of rotatable bonds is 6. The lowest BCUT2D eigenvalue weighted by molar-refractivity contribution is 0.410. The van der Waals surface area contributed by atoms with Gasteiger partial charge in [-0.15, -0.1) is 0 Å². The van der Waals surface area contributed by atoms with Crippen molar-refractivity contribution in [2.45, 2.75) is 13.3 Å². The summed E-state index contributed by atoms with van der Waals surface area (Å²) in [7, 11) is 3.54. The van der Waals surface area contributed by atoms with E-state index in [0.717, 1.165) is 34.7 Å². The molecule has 1 aromatic heterocycles. The lowest BCUT2D eigenvalue weighted by atomic mass is 9.99. The third kappa shape index (κ3) is 3.98. The quantitative estimate of drug-likeness (QED) is 0.664. The Balaban J connectivity index is 2.02. The maximum atomic E-state index is 5.49. The fraction of sp³-hybridized carbons (Fsp3) is 0.190. The molecule has 128 valence electrons. The van der Waals surface area contributed by atoms with E-state index in [1.807, 2.05) is 31.4 Å². The van der Waals surface area contributed by atoms with Crippen LogP contribution in [0.5, 0.6) is 5.75 Å². The second-order valence-electron chi connectivity index (χ2n) is 5.96. The van der Waals surface area contributed by atoms with E-state index >= 15 is 0 Å². The number of pyridine rings is 1. The Bertz CT molecular complexity index is 861. The maximum absolute atomic E-state index is 5.49. The zero-order valence-corrected chi connectivity index (χ0v) is 14.8. The molecule has 2 N–H and O–H groups in total. The average Bonchev–Trinajstić information content (AvgIpc) is 2.64. The summed E-state index contributed by atoms with van der Waals surface area (Å²) in [5.74, 6) is 1.71. The van der Waals surface area contributed by atoms with Gasteiger partial charge in [0.1, 0.15) is 11.6 Å². The highest BCUT2D eigenvalue weighted by Gasteiger charge is 2.10. The van der Waals surface area contributed by atoms with Crippen molar-refractivity contribution in [2.75, 3.05) is 19.6 Å². The van der Waals surface area contributed by atoms with Crippen LogP contribution in [0.15, 0.2) is 60.8 Å². The molecule has 0 fully saturated rings. The van der Waals surface area contributed by atoms with Gasteiger partial charge in [0.25, 0.3) is 0 Å². The second-order valence-corrected chi connectivity index (χ2v) is 5.96. The zero-order chi connectivity index (χ0) is 17.6. The molecule has 4 nitrogen and oxygen atoms in total. The highest BCUT2D eigenvalue weighted by Crippen LogP contribution is 2.28. The molecule has 0 saturated heterocycles. The first-order valence-electron chi connectivity index (χ1n) is 8.32. The first kappa shape index (κ1) is 17.0. The Labute approximate surface area is 148 Å². The van der Waals surface area contributed by atoms with E-state index in [0.29, 0.717) is 0 Å². The lowest BCUT2D eigenvalue weighted by Crippen LogP contribution is -2.17. The van der Waals surface area contributed by atoms with Crippen molar-refractivity contribution in [1.29, 1.82) is 0 Å². The Morgan fingerprint density at radius 1 is 0.960 bits per heavy atom. The molecule has 0 spiro atoms. The van der Waals surface area contributed by atoms with Crippen molar-refractivity contribution < 1.29 is 4.74 Å². The van der Waals surface area contributed by atoms with Crippen molar-refractivity contribution in [3.8, 4) is 16.9 Å². The molecule has 0 saturated carbocycles. The Kier molecular flexibility index (Phi) is 5.31. The molecule has 0 atom stereocenters. The minimum atomic E-state index is 0.737. The largest absolute Gasteiger partial charge is 0.496 e. The van der Waals surface area contributed by atoms with Crippen LogP contribution in [0.25, 0.3) is 11.1 Å². The van der Waals surface area contributed by atoms with Crippen LogP contribution < -0.4 is 15.6 Å². The van der Waals surface area contributed by atoms with E-state index in [1.165, 1.54) is 11.1 Å². The molecule has 0 unspecified atom stereocenters. The number of methoxy groups -OCH3 is 1. The van der Waals surface area contributed by atoms with Crippen molar-refractivity contribution in [2.24, 2.45) is 0 Å². The van der Waals surface area contributed by atoms with E-state index in [4.69, 9.17) is 4.74 Å². The molecule has 4 heteroatoms. The predicted octanol–water partition coefficient (Wildman–Crippen LogP) is 4.20. The normalized spacial score (nSPS) is 10.5. The van der Waals surface area contributed by atoms with Gasteiger partial charge in [-0.3, -0.25) is 0 Å². The summed E-state index contributed by atoms with van der Waals surface area (Å²) in [6.07, 6.45) is 2.64. The fourth-order valence-electron chi connectivity index (χ4n) is 2.91. The van der Waals surface area contributed by atoms with Gasteiger partial charge in [-0.25, -0.2) is 10.4 Å². The van der Waals surface area contributed by atoms with Crippen LogP contribution in [-0.2, 0) is 6.42 Å². The summed E-state index contributed by atoms with van der Waals surface area (Å²) in [5, 5.41) is 0. The number of benzene rings is 2. The number of hydrazine groups is 1. The third-order valence-corrected chi connectivity index (χ3v) is 4.13. The van der Waals surface area contributed by atoms with Gasteiger partial charge in [0, 0.05) is 30.8 Å². The number of aromatic nitrogens is 1. The monoisotopic (exact) mass is 333 g/mol. The Morgan fingerprint density at radius 3 is 2.56 bits per heavy atom. The molecule has 0 aliphatic rings. The van der Waals surface area contributed by atoms with Gasteiger partial charge in [-0.05, 0) is 30.2 Å². The number of para-hydroxylation sites is 1. The summed E-state index contributed by atoms with van der Waals surface area (Å²) < 4.78 is 5.49. The maximum Gasteiger partial charge on any atom is 0.143 e. The summed E-state index contributed by atoms with van der Waals surface area (Å²) in [4.78, 5) is 4.61. The van der Waals surface area contributed by atoms with E-state index < -0.39 is 0 Å². The summed E-state index contributed by atoms with van der Waals surface area (Å²) in [6.45, 7) is 2.10. The van der Waals surface area contributed by atoms with Gasteiger partial charge in [0.05, 0.1) is 7.11 Å². The molecular weight excluding hydrogens is 310 g/mol. The highest BCUT2D eigenvalue weighted by molar-refractivity contribution is 5.67. The van der Waals surface area contributed by atoms with E-state index in [1.54, 1.807) is 7.11 Å². The van der Waals surface area contributed by atoms with E-state index in [-0.39, 0.29) is 0 Å². The first-order chi connectivity index (χ1) is 12.2. The molecule has 0 amide bonds. The summed E-state index contributed by atoms with van der Waals surface area (Å²) >= 11 is 0. The van der Waals surface area contributed by atoms with Crippen LogP contribution in [0, 0.1) is 6.92 Å². The van der Waals surface area contributed by atoms with Crippen LogP contribution in [-0.4, -0.2) is 19.1 Å². The predicted molar refractivity (Wildman–Crippen MR) is 103 cm³/mol. The average molecular weight is 333 g/mol. The zero-order valence-electron chi connectivity index (χ0n) is 14.8. The third-order valence-electron chi connectivity index (χ3n) is 4.13. The van der Waals surface area contributed by atoms with Gasteiger partial charge in [-0.2, -0.15) is 0 Å². The van der Waals surface area contributed by atoms with Crippen molar-refractivity contribution >= 4 is 5.82 Å². The van der Waals surface area contributed by atoms with Crippen LogP contribution >= 0.6 is 0 Å². The number of aryl methyl sites for hydroxylation is 1. The SMILES string of the molecule is CNNc1ncc(-c2cccc(C)c2)cc1Cc1ccccc1OC. The molecule has 0 aliphatic heterocycles. The number of ether oxygens (including phenoxy) is 1. The van der Waals surface area contributed by atoms with E-state index in [9.17, 15) is 0 Å². The minimum absolute atomic E-state index is 0.737. The molecule has 0 radical (unpaired) electrons. The standard InChI is InChI=1S/C21H23N3O/c1-15-7-6-9-16(11-15)19-13-18(21(23-14-19)24-22-2)12-17-8-4-5-10-20(17)25-3/h4-11,13-14,22H,12H2,1-3H3,(H,23,24). The summed E-state index contributed by atoms with van der Waals surface area (Å²) in [6, 6.07) is 18.7. The number of nitrogens with zero attached hydrogens (tertiary/aromatic N) is 1. The molecule has 2 aromatic carbocycles.